The second-order valence-corrected chi connectivity index (χ2v) is 223. The lowest BCUT2D eigenvalue weighted by Crippen LogP contribution is -3.17. The first-order valence-corrected chi connectivity index (χ1v) is 125. The summed E-state index contributed by atoms with van der Waals surface area (Å²) in [6.45, 7) is -51.2. The largest absolute Gasteiger partial charge is 0.437 e. The monoisotopic (exact) mass is 2360 g/mol. The molecule has 91 heteroatoms. The Balaban J connectivity index is 15.3. The van der Waals surface area contributed by atoms with Gasteiger partial charge in [-0.1, -0.05) is 71.1 Å². The lowest BCUT2D eigenvalue weighted by Gasteiger charge is -2.73. The molecule has 0 spiro atoms. The second-order valence-electron chi connectivity index (χ2n) is 24.6. The molecule has 0 aromatic rings. The van der Waals surface area contributed by atoms with Crippen LogP contribution in [-0.4, -0.2) is 539 Å². The van der Waals surface area contributed by atoms with Crippen LogP contribution in [0, 0.1) is 0 Å². The summed E-state index contributed by atoms with van der Waals surface area (Å²) in [5.41, 5.74) is 0. The predicted molar refractivity (Wildman–Crippen MR) is 462 cm³/mol. The molecule has 54 radical (unpaired) electrons. The summed E-state index contributed by atoms with van der Waals surface area (Å²) in [5.74, 6) is 0. The van der Waals surface area contributed by atoms with Crippen LogP contribution in [-0.2, 0) is 70.3 Å². The van der Waals surface area contributed by atoms with Crippen LogP contribution in [0.5, 0.6) is 0 Å². The van der Waals surface area contributed by atoms with E-state index in [1.165, 1.54) is 19.6 Å². The van der Waals surface area contributed by atoms with Crippen LogP contribution >= 0.6 is 0 Å². The van der Waals surface area contributed by atoms with Crippen molar-refractivity contribution in [1.29, 1.82) is 0 Å². The van der Waals surface area contributed by atoms with Gasteiger partial charge in [-0.3, -0.25) is 0 Å². The first-order chi connectivity index (χ1) is 53.0. The first kappa shape index (κ1) is 121. The Hall–Kier alpha value is 8.18. The summed E-state index contributed by atoms with van der Waals surface area (Å²) in [6, 6.07) is -0.591. The van der Waals surface area contributed by atoms with Crippen LogP contribution in [0.25, 0.3) is 0 Å². The van der Waals surface area contributed by atoms with Gasteiger partial charge >= 0.3 is 145 Å². The van der Waals surface area contributed by atoms with Crippen molar-refractivity contribution in [3.63, 3.8) is 0 Å². The molecule has 0 fully saturated rings. The molecule has 113 heavy (non-hydrogen) atoms. The molecule has 0 aliphatic heterocycles. The minimum absolute atomic E-state index is 0.104. The molecule has 0 aliphatic rings. The van der Waals surface area contributed by atoms with Crippen molar-refractivity contribution in [1.82, 2.24) is 0 Å². The highest BCUT2D eigenvalue weighted by Crippen LogP contribution is 2.58. The van der Waals surface area contributed by atoms with Crippen molar-refractivity contribution in [3.8, 4) is 0 Å². The van der Waals surface area contributed by atoms with E-state index in [1.807, 2.05) is 0 Å². The third kappa shape index (κ3) is 26.4. The SMILES string of the molecule is CCCCCCCCCCCC[Si](C)(O)[Si](O[Si]O)(O[Si]([Si](O[Si]O)([Si]O)[Si]O)([Si](O[Si](C)(C)O[Si](C)(C)C)(O[Si](O[Si](O[SiH](C)O)([Si]O)[Si]O)([Si](O[Si]O)([Si]O)[Si]O)[Si](O[Si]O)([Si]O)[Si]O)[Si](O[Si](O[Si]O)([Si]O)[Si]O)([Si](O[Si]O)([Si]O)[Si]O)[Si](O[Si]O)([Si]O)[Si]O)[Si](O[Si](C)O)([Si](C)([Si])OC)[Si](O[Si]O)([Si]O)[Si]O)[Si]O. The molecule has 0 heterocycles. The maximum absolute atomic E-state index is 14.6. The van der Waals surface area contributed by atoms with Gasteiger partial charge in [0.1, 0.15) is 0 Å². The average molecular weight is 2360 g/mol. The number of hydrogen-bond donors (Lipinski definition) is 28. The van der Waals surface area contributed by atoms with Crippen LogP contribution < -0.4 is 0 Å². The van der Waals surface area contributed by atoms with Crippen molar-refractivity contribution in [2.24, 2.45) is 0 Å². The van der Waals surface area contributed by atoms with Crippen molar-refractivity contribution in [2.75, 3.05) is 7.11 Å². The zero-order valence-electron chi connectivity index (χ0n) is 61.3. The van der Waals surface area contributed by atoms with E-state index in [1.54, 1.807) is 0 Å². The summed E-state index contributed by atoms with van der Waals surface area (Å²) in [7, 11) is -118. The molecule has 0 aromatic carbocycles. The molecular formula is C22H84O45Si46. The van der Waals surface area contributed by atoms with Gasteiger partial charge in [0.2, 0.25) is 154 Å². The molecule has 0 saturated heterocycles. The van der Waals surface area contributed by atoms with E-state index in [4.69, 9.17) is 70.3 Å². The third-order valence-corrected chi connectivity index (χ3v) is 378. The van der Waals surface area contributed by atoms with E-state index in [9.17, 15) is 134 Å². The van der Waals surface area contributed by atoms with Crippen LogP contribution in [0.2, 0.25) is 65.0 Å². The van der Waals surface area contributed by atoms with Crippen LogP contribution in [0.3, 0.4) is 0 Å². The van der Waals surface area contributed by atoms with Crippen molar-refractivity contribution < 1.29 is 205 Å². The molecule has 28 N–H and O–H groups in total. The molecule has 0 aromatic heterocycles. The van der Waals surface area contributed by atoms with Gasteiger partial charge in [-0.2, -0.15) is 0 Å². The Morgan fingerprint density at radius 3 is 0.973 bits per heavy atom. The van der Waals surface area contributed by atoms with E-state index in [0.29, 0.717) is 12.8 Å². The molecule has 0 aliphatic carbocycles. The molecule has 0 bridgehead atoms. The van der Waals surface area contributed by atoms with Gasteiger partial charge in [0.05, 0.1) is 0 Å². The Labute approximate surface area is 737 Å². The van der Waals surface area contributed by atoms with Crippen molar-refractivity contribution in [3.05, 3.63) is 0 Å². The molecule has 45 nitrogen and oxygen atoms in total. The summed E-state index contributed by atoms with van der Waals surface area (Å²) in [6.07, 6.45) is 6.62. The lowest BCUT2D eigenvalue weighted by molar-refractivity contribution is 0.289. The maximum Gasteiger partial charge on any atom is 0.420 e. The summed E-state index contributed by atoms with van der Waals surface area (Å²) in [5, 5.41) is 0. The minimum Gasteiger partial charge on any atom is -0.437 e. The van der Waals surface area contributed by atoms with E-state index in [2.05, 4.69) is 16.7 Å². The summed E-state index contributed by atoms with van der Waals surface area (Å²) in [4.78, 5) is 359. The van der Waals surface area contributed by atoms with E-state index < -0.39 is 394 Å². The Morgan fingerprint density at radius 2 is 0.681 bits per heavy atom. The number of hydrogen-bond acceptors (Lipinski definition) is 45. The fraction of sp³-hybridized carbons (Fsp3) is 1.00. The van der Waals surface area contributed by atoms with Gasteiger partial charge in [0.25, 0.3) is 73.9 Å². The highest BCUT2D eigenvalue weighted by molar-refractivity contribution is 8.28. The summed E-state index contributed by atoms with van der Waals surface area (Å²) >= 11 is 0. The fourth-order valence-electron chi connectivity index (χ4n) is 11.8. The molecule has 0 rings (SSSR count). The smallest absolute Gasteiger partial charge is 0.420 e. The summed E-state index contributed by atoms with van der Waals surface area (Å²) < 4.78 is 121. The predicted octanol–water partition coefficient (Wildman–Crippen LogP) is -24.2. The van der Waals surface area contributed by atoms with Gasteiger partial charge in [-0.25, -0.2) is 0 Å². The molecule has 0 saturated carbocycles. The Kier molecular flexibility index (Phi) is 59.6. The Morgan fingerprint density at radius 1 is 0.354 bits per heavy atom. The van der Waals surface area contributed by atoms with Crippen LogP contribution in [0.1, 0.15) is 71.1 Å². The number of unbranched alkanes of at least 4 members (excludes halogenated alkanes) is 9. The zero-order chi connectivity index (χ0) is 87.6. The quantitative estimate of drug-likeness (QED) is 0.0199. The van der Waals surface area contributed by atoms with Gasteiger partial charge in [-0.15, -0.1) is 0 Å². The number of rotatable bonds is 72. The standard InChI is InChI=1S/C22H84O45Si46/c1-12-13-14-15-16-17-18-19-20-21-22-98(10,50)102(81-35,53-70-24)66-113(110(92-46,93-47)59-76-30,111(61-95(4)49,99(11,68)51-2)107(86-40,87-41)56-73-27)104(63-97(8,9)62-96(5,6)7,112(108(88-42,89-43)57-74-28,109(90-44,91-45)58-75-29)65-100(77-31,78-32)52-69-23)67-103(105(82-36,83-37)54-71-25,106(84-38,85-39)55-72-26)64-101(79-33,80-34)60-94(3)48/h23-50,94H,12-22H2,1-11H3. The van der Waals surface area contributed by atoms with Gasteiger partial charge in [0.15, 0.2) is 15.7 Å². The topological polar surface area (TPSA) is 723 Å². The first-order valence-electron chi connectivity index (χ1n) is 31.4. The fourth-order valence-corrected chi connectivity index (χ4v) is 656. The van der Waals surface area contributed by atoms with Gasteiger partial charge in [-0.05, 0) is 65.0 Å². The van der Waals surface area contributed by atoms with Crippen molar-refractivity contribution in [2.45, 2.75) is 136 Å². The molecule has 7 unspecified atom stereocenters. The molecule has 626 valence electrons. The zero-order valence-corrected chi connectivity index (χ0v) is 107. The van der Waals surface area contributed by atoms with Crippen LogP contribution in [0.15, 0.2) is 0 Å². The Bertz CT molecular complexity index is 2520. The third-order valence-electron chi connectivity index (χ3n) is 16.1. The van der Waals surface area contributed by atoms with E-state index in [0.717, 1.165) is 84.9 Å². The second kappa shape index (κ2) is 55.6. The highest BCUT2D eigenvalue weighted by atomic mass is 30.5. The van der Waals surface area contributed by atoms with Crippen LogP contribution in [0.4, 0.5) is 0 Å². The highest BCUT2D eigenvalue weighted by Gasteiger charge is 3.04. The molecular weight excluding hydrogens is 2280 g/mol. The van der Waals surface area contributed by atoms with Gasteiger partial charge in [0, 0.05) is 16.9 Å². The van der Waals surface area contributed by atoms with Gasteiger partial charge < -0.3 is 205 Å². The van der Waals surface area contributed by atoms with Crippen molar-refractivity contribution >= 4 is 398 Å². The molecule has 0 amide bonds. The average Bonchev–Trinajstić information content (AvgIpc) is 0.627. The molecule has 7 atom stereocenters. The minimum atomic E-state index is -8.69. The van der Waals surface area contributed by atoms with E-state index >= 15 is 0 Å². The lowest BCUT2D eigenvalue weighted by atomic mass is 10.1. The van der Waals surface area contributed by atoms with E-state index in [-0.39, 0.29) is 12.8 Å². The normalized spacial score (nSPS) is 17.6. The maximum atomic E-state index is 14.6.